The molecule has 166 valence electrons. The first-order valence-electron chi connectivity index (χ1n) is 11.0. The number of amides is 1. The summed E-state index contributed by atoms with van der Waals surface area (Å²) in [6.45, 7) is 7.04. The van der Waals surface area contributed by atoms with E-state index in [1.165, 1.54) is 0 Å². The van der Waals surface area contributed by atoms with Crippen LogP contribution in [0.2, 0.25) is 0 Å². The number of hydrogen-bond acceptors (Lipinski definition) is 5. The Morgan fingerprint density at radius 1 is 0.938 bits per heavy atom. The molecule has 1 saturated heterocycles. The molecule has 1 aromatic heterocycles. The van der Waals surface area contributed by atoms with Gasteiger partial charge in [0, 0.05) is 37.3 Å². The Bertz CT molecular complexity index is 1180. The minimum Gasteiger partial charge on any atom is -0.485 e. The normalized spacial score (nSPS) is 18.7. The molecule has 1 atom stereocenters. The van der Waals surface area contributed by atoms with E-state index in [0.29, 0.717) is 44.2 Å². The van der Waals surface area contributed by atoms with Gasteiger partial charge in [0.2, 0.25) is 12.0 Å². The van der Waals surface area contributed by atoms with Crippen LogP contribution in [0.1, 0.15) is 16.1 Å². The molecule has 3 aromatic rings. The van der Waals surface area contributed by atoms with Crippen molar-refractivity contribution in [2.24, 2.45) is 0 Å². The number of carbonyl (C=O) groups is 2. The first kappa shape index (κ1) is 20.6. The topological polar surface area (TPSA) is 64.0 Å². The van der Waals surface area contributed by atoms with Crippen LogP contribution in [-0.2, 0) is 4.79 Å². The summed E-state index contributed by atoms with van der Waals surface area (Å²) in [6.07, 6.45) is -0.630. The second-order valence-electron chi connectivity index (χ2n) is 8.42. The van der Waals surface area contributed by atoms with Crippen molar-refractivity contribution in [3.05, 3.63) is 59.8 Å². The predicted molar refractivity (Wildman–Crippen MR) is 121 cm³/mol. The molecule has 2 aromatic carbocycles. The van der Waals surface area contributed by atoms with Gasteiger partial charge in [0.15, 0.2) is 11.5 Å². The number of carbonyl (C=O) groups excluding carboxylic acids is 2. The maximum absolute atomic E-state index is 13.1. The third-order valence-corrected chi connectivity index (χ3v) is 6.50. The second-order valence-corrected chi connectivity index (χ2v) is 8.42. The number of nitrogens with zero attached hydrogens (tertiary/aromatic N) is 3. The highest BCUT2D eigenvalue weighted by molar-refractivity contribution is 5.96. The van der Waals surface area contributed by atoms with Crippen LogP contribution in [0.3, 0.4) is 0 Å². The number of para-hydroxylation sites is 3. The van der Waals surface area contributed by atoms with Crippen LogP contribution in [0, 0.1) is 13.8 Å². The van der Waals surface area contributed by atoms with E-state index >= 15 is 0 Å². The standard InChI is InChI=1S/C25H27N3O4/c1-17-18(2)28(20-8-4-3-7-19(17)20)24(29)15-26-11-13-27(14-12-26)25(30)23-16-31-21-9-5-6-10-22(21)32-23/h3-10,23H,11-16H2,1-2H3/t23-/m0/s1. The number of fused-ring (bicyclic) bond motifs is 2. The third-order valence-electron chi connectivity index (χ3n) is 6.50. The van der Waals surface area contributed by atoms with E-state index in [9.17, 15) is 9.59 Å². The highest BCUT2D eigenvalue weighted by Crippen LogP contribution is 2.31. The zero-order valence-corrected chi connectivity index (χ0v) is 18.4. The van der Waals surface area contributed by atoms with Crippen LogP contribution in [0.4, 0.5) is 0 Å². The van der Waals surface area contributed by atoms with E-state index in [-0.39, 0.29) is 18.4 Å². The van der Waals surface area contributed by atoms with E-state index in [1.807, 2.05) is 58.9 Å². The van der Waals surface area contributed by atoms with Gasteiger partial charge in [-0.1, -0.05) is 30.3 Å². The van der Waals surface area contributed by atoms with Crippen molar-refractivity contribution in [1.82, 2.24) is 14.4 Å². The summed E-state index contributed by atoms with van der Waals surface area (Å²) in [6, 6.07) is 15.4. The van der Waals surface area contributed by atoms with Crippen molar-refractivity contribution >= 4 is 22.7 Å². The first-order valence-corrected chi connectivity index (χ1v) is 11.0. The van der Waals surface area contributed by atoms with E-state index in [1.54, 1.807) is 0 Å². The van der Waals surface area contributed by atoms with Crippen LogP contribution >= 0.6 is 0 Å². The van der Waals surface area contributed by atoms with Gasteiger partial charge in [0.1, 0.15) is 6.61 Å². The van der Waals surface area contributed by atoms with Gasteiger partial charge in [-0.3, -0.25) is 19.1 Å². The summed E-state index contributed by atoms with van der Waals surface area (Å²) in [4.78, 5) is 30.0. The number of rotatable bonds is 3. The summed E-state index contributed by atoms with van der Waals surface area (Å²) in [5.74, 6) is 1.27. The van der Waals surface area contributed by atoms with Gasteiger partial charge >= 0.3 is 0 Å². The molecule has 0 unspecified atom stereocenters. The molecule has 32 heavy (non-hydrogen) atoms. The maximum atomic E-state index is 13.1. The summed E-state index contributed by atoms with van der Waals surface area (Å²) < 4.78 is 13.4. The lowest BCUT2D eigenvalue weighted by atomic mass is 10.2. The summed E-state index contributed by atoms with van der Waals surface area (Å²) in [7, 11) is 0. The number of hydrogen-bond donors (Lipinski definition) is 0. The molecule has 0 bridgehead atoms. The Hall–Kier alpha value is -3.32. The number of piperazine rings is 1. The highest BCUT2D eigenvalue weighted by Gasteiger charge is 2.33. The smallest absolute Gasteiger partial charge is 0.267 e. The van der Waals surface area contributed by atoms with E-state index in [4.69, 9.17) is 9.47 Å². The molecule has 0 aliphatic carbocycles. The average molecular weight is 434 g/mol. The number of aromatic nitrogens is 1. The SMILES string of the molecule is Cc1c(C)n(C(=O)CN2CCN(C(=O)[C@@H]3COc4ccccc4O3)CC2)c2ccccc12. The largest absolute Gasteiger partial charge is 0.485 e. The summed E-state index contributed by atoms with van der Waals surface area (Å²) in [5.41, 5.74) is 3.08. The first-order chi connectivity index (χ1) is 15.5. The van der Waals surface area contributed by atoms with Gasteiger partial charge in [0.05, 0.1) is 12.1 Å². The van der Waals surface area contributed by atoms with Crippen molar-refractivity contribution in [1.29, 1.82) is 0 Å². The highest BCUT2D eigenvalue weighted by atomic mass is 16.6. The van der Waals surface area contributed by atoms with E-state index in [2.05, 4.69) is 17.9 Å². The fourth-order valence-corrected chi connectivity index (χ4v) is 4.58. The van der Waals surface area contributed by atoms with Crippen molar-refractivity contribution in [2.45, 2.75) is 20.0 Å². The number of ether oxygens (including phenoxy) is 2. The molecule has 1 amide bonds. The maximum Gasteiger partial charge on any atom is 0.267 e. The van der Waals surface area contributed by atoms with E-state index < -0.39 is 6.10 Å². The summed E-state index contributed by atoms with van der Waals surface area (Å²) in [5, 5.41) is 1.12. The van der Waals surface area contributed by atoms with Gasteiger partial charge < -0.3 is 14.4 Å². The second kappa shape index (κ2) is 8.31. The Morgan fingerprint density at radius 2 is 1.62 bits per heavy atom. The van der Waals surface area contributed by atoms with Crippen LogP contribution in [-0.4, -0.2) is 71.6 Å². The molecule has 7 heteroatoms. The van der Waals surface area contributed by atoms with Gasteiger partial charge in [-0.15, -0.1) is 0 Å². The zero-order valence-electron chi connectivity index (χ0n) is 18.4. The van der Waals surface area contributed by atoms with Gasteiger partial charge in [0.25, 0.3) is 5.91 Å². The van der Waals surface area contributed by atoms with Gasteiger partial charge in [-0.05, 0) is 37.6 Å². The quantitative estimate of drug-likeness (QED) is 0.636. The molecule has 1 fully saturated rings. The molecule has 2 aliphatic rings. The molecule has 0 N–H and O–H groups in total. The fourth-order valence-electron chi connectivity index (χ4n) is 4.58. The predicted octanol–water partition coefficient (Wildman–Crippen LogP) is 2.88. The van der Waals surface area contributed by atoms with Crippen molar-refractivity contribution in [3.63, 3.8) is 0 Å². The van der Waals surface area contributed by atoms with Crippen molar-refractivity contribution < 1.29 is 19.1 Å². The molecule has 5 rings (SSSR count). The molecule has 7 nitrogen and oxygen atoms in total. The molecular formula is C25H27N3O4. The van der Waals surface area contributed by atoms with Crippen molar-refractivity contribution in [2.75, 3.05) is 39.3 Å². The van der Waals surface area contributed by atoms with E-state index in [0.717, 1.165) is 22.2 Å². The lowest BCUT2D eigenvalue weighted by Crippen LogP contribution is -2.54. The molecule has 2 aliphatic heterocycles. The Balaban J connectivity index is 1.20. The average Bonchev–Trinajstić information content (AvgIpc) is 3.09. The minimum atomic E-state index is -0.630. The zero-order chi connectivity index (χ0) is 22.2. The fraction of sp³-hybridized carbons (Fsp3) is 0.360. The van der Waals surface area contributed by atoms with Gasteiger partial charge in [-0.25, -0.2) is 0 Å². The Labute approximate surface area is 187 Å². The lowest BCUT2D eigenvalue weighted by molar-refractivity contribution is -0.142. The molecule has 0 spiro atoms. The van der Waals surface area contributed by atoms with Crippen LogP contribution in [0.25, 0.3) is 10.9 Å². The number of benzene rings is 2. The van der Waals surface area contributed by atoms with Crippen LogP contribution in [0.5, 0.6) is 11.5 Å². The van der Waals surface area contributed by atoms with Crippen molar-refractivity contribution in [3.8, 4) is 11.5 Å². The Morgan fingerprint density at radius 3 is 2.41 bits per heavy atom. The lowest BCUT2D eigenvalue weighted by Gasteiger charge is -2.36. The molecular weight excluding hydrogens is 406 g/mol. The van der Waals surface area contributed by atoms with Gasteiger partial charge in [-0.2, -0.15) is 0 Å². The molecule has 0 saturated carbocycles. The minimum absolute atomic E-state index is 0.0617. The van der Waals surface area contributed by atoms with Crippen LogP contribution in [0.15, 0.2) is 48.5 Å². The third kappa shape index (κ3) is 3.62. The molecule has 3 heterocycles. The monoisotopic (exact) mass is 433 g/mol. The van der Waals surface area contributed by atoms with Crippen LogP contribution < -0.4 is 9.47 Å². The molecule has 0 radical (unpaired) electrons. The summed E-state index contributed by atoms with van der Waals surface area (Å²) >= 11 is 0. The Kier molecular flexibility index (Phi) is 5.35. The number of aryl methyl sites for hydroxylation is 1.